The Hall–Kier alpha value is 0.880. The summed E-state index contributed by atoms with van der Waals surface area (Å²) >= 11 is 7.25. The van der Waals surface area contributed by atoms with E-state index in [0.717, 1.165) is 29.9 Å². The molecule has 40 heavy (non-hydrogen) atoms. The Bertz CT molecular complexity index is 517. The predicted molar refractivity (Wildman–Crippen MR) is 185 cm³/mol. The van der Waals surface area contributed by atoms with E-state index >= 15 is 0 Å². The molecule has 0 aliphatic carbocycles. The summed E-state index contributed by atoms with van der Waals surface area (Å²) in [6.45, 7) is 4.61. The number of hydrogen-bond donors (Lipinski definition) is 0. The number of ether oxygens (including phenoxy) is 2. The summed E-state index contributed by atoms with van der Waals surface area (Å²) in [5, 5.41) is 2.19. The summed E-state index contributed by atoms with van der Waals surface area (Å²) in [6, 6.07) is 0. The van der Waals surface area contributed by atoms with Crippen LogP contribution < -0.4 is 0 Å². The van der Waals surface area contributed by atoms with Gasteiger partial charge in [0.1, 0.15) is 0 Å². The van der Waals surface area contributed by atoms with Crippen LogP contribution in [0.4, 0.5) is 0 Å². The molecule has 1 saturated heterocycles. The van der Waals surface area contributed by atoms with Crippen molar-refractivity contribution in [2.75, 3.05) is 10.7 Å². The van der Waals surface area contributed by atoms with E-state index in [1.54, 1.807) is 0 Å². The Morgan fingerprint density at radius 1 is 0.400 bits per heavy atom. The first-order valence-electron chi connectivity index (χ1n) is 18.2. The third-order valence-corrected chi connectivity index (χ3v) is 10.1. The lowest BCUT2D eigenvalue weighted by Gasteiger charge is -2.28. The molecule has 0 N–H and O–H groups in total. The molecule has 0 bridgehead atoms. The van der Waals surface area contributed by atoms with Crippen LogP contribution in [0.3, 0.4) is 0 Å². The molecule has 1 aliphatic rings. The Labute approximate surface area is 268 Å². The van der Waals surface area contributed by atoms with Crippen molar-refractivity contribution in [2.45, 2.75) is 218 Å². The van der Waals surface area contributed by atoms with Gasteiger partial charge in [-0.15, -0.1) is 0 Å². The van der Waals surface area contributed by atoms with E-state index in [1.165, 1.54) is 167 Å². The lowest BCUT2D eigenvalue weighted by molar-refractivity contribution is -0.186. The van der Waals surface area contributed by atoms with Gasteiger partial charge in [0.15, 0.2) is 5.79 Å². The highest BCUT2D eigenvalue weighted by Gasteiger charge is 2.45. The quantitative estimate of drug-likeness (QED) is 0.0531. The molecule has 240 valence electrons. The number of hydrogen-bond acceptors (Lipinski definition) is 2. The van der Waals surface area contributed by atoms with E-state index in [9.17, 15) is 0 Å². The SMILES string of the molecule is CCCCCCCCCCCCCC[C@@]1(CCCBr)O[C@@H](CCCCCCCC)[C@H](CCCCCCCCBr)O1. The largest absolute Gasteiger partial charge is 0.344 e. The summed E-state index contributed by atoms with van der Waals surface area (Å²) in [4.78, 5) is 0. The van der Waals surface area contributed by atoms with Crippen LogP contribution in [-0.4, -0.2) is 28.7 Å². The molecule has 1 aliphatic heterocycles. The predicted octanol–water partition coefficient (Wildman–Crippen LogP) is 13.6. The molecule has 0 aromatic carbocycles. The minimum absolute atomic E-state index is 0.311. The normalized spacial score (nSPS) is 21.0. The zero-order valence-electron chi connectivity index (χ0n) is 27.1. The smallest absolute Gasteiger partial charge is 0.169 e. The van der Waals surface area contributed by atoms with Gasteiger partial charge in [0, 0.05) is 23.5 Å². The van der Waals surface area contributed by atoms with Gasteiger partial charge in [-0.05, 0) is 32.1 Å². The van der Waals surface area contributed by atoms with Gasteiger partial charge in [-0.2, -0.15) is 0 Å². The first kappa shape index (κ1) is 38.9. The third kappa shape index (κ3) is 20.7. The molecule has 0 spiro atoms. The van der Waals surface area contributed by atoms with E-state index in [4.69, 9.17) is 9.47 Å². The molecule has 2 nitrogen and oxygen atoms in total. The molecule has 1 heterocycles. The van der Waals surface area contributed by atoms with Crippen molar-refractivity contribution in [2.24, 2.45) is 0 Å². The highest BCUT2D eigenvalue weighted by molar-refractivity contribution is 9.09. The first-order chi connectivity index (χ1) is 19.7. The monoisotopic (exact) mass is 692 g/mol. The average Bonchev–Trinajstić information content (AvgIpc) is 3.31. The average molecular weight is 695 g/mol. The number of halogens is 2. The van der Waals surface area contributed by atoms with Crippen molar-refractivity contribution >= 4 is 31.9 Å². The lowest BCUT2D eigenvalue weighted by Crippen LogP contribution is -2.31. The zero-order valence-corrected chi connectivity index (χ0v) is 30.3. The van der Waals surface area contributed by atoms with Crippen molar-refractivity contribution < 1.29 is 9.47 Å². The van der Waals surface area contributed by atoms with Gasteiger partial charge in [-0.25, -0.2) is 0 Å². The molecule has 1 rings (SSSR count). The fourth-order valence-electron chi connectivity index (χ4n) is 6.43. The van der Waals surface area contributed by atoms with Gasteiger partial charge >= 0.3 is 0 Å². The van der Waals surface area contributed by atoms with Crippen molar-refractivity contribution in [1.82, 2.24) is 0 Å². The number of unbranched alkanes of at least 4 members (excludes halogenated alkanes) is 21. The van der Waals surface area contributed by atoms with E-state index in [1.807, 2.05) is 0 Å². The number of rotatable bonds is 31. The lowest BCUT2D eigenvalue weighted by atomic mass is 10.00. The Morgan fingerprint density at radius 3 is 1.12 bits per heavy atom. The van der Waals surface area contributed by atoms with Crippen LogP contribution >= 0.6 is 31.9 Å². The zero-order chi connectivity index (χ0) is 29.0. The van der Waals surface area contributed by atoms with E-state index < -0.39 is 0 Å². The highest BCUT2D eigenvalue weighted by atomic mass is 79.9. The molecule has 0 aromatic heterocycles. The maximum Gasteiger partial charge on any atom is 0.169 e. The second kappa shape index (κ2) is 28.6. The van der Waals surface area contributed by atoms with E-state index in [2.05, 4.69) is 45.7 Å². The van der Waals surface area contributed by atoms with Crippen LogP contribution in [0.25, 0.3) is 0 Å². The maximum atomic E-state index is 6.96. The maximum absolute atomic E-state index is 6.96. The summed E-state index contributed by atoms with van der Waals surface area (Å²) in [7, 11) is 0. The van der Waals surface area contributed by atoms with E-state index in [-0.39, 0.29) is 5.79 Å². The minimum atomic E-state index is -0.320. The van der Waals surface area contributed by atoms with Crippen molar-refractivity contribution in [1.29, 1.82) is 0 Å². The van der Waals surface area contributed by atoms with Crippen LogP contribution in [0, 0.1) is 0 Å². The molecule has 1 fully saturated rings. The third-order valence-electron chi connectivity index (χ3n) is 8.96. The van der Waals surface area contributed by atoms with Crippen LogP contribution in [0.2, 0.25) is 0 Å². The van der Waals surface area contributed by atoms with Gasteiger partial charge in [0.2, 0.25) is 0 Å². The highest BCUT2D eigenvalue weighted by Crippen LogP contribution is 2.40. The van der Waals surface area contributed by atoms with Gasteiger partial charge in [0.25, 0.3) is 0 Å². The number of alkyl halides is 2. The summed E-state index contributed by atoms with van der Waals surface area (Å²) in [5.74, 6) is -0.320. The Kier molecular flexibility index (Phi) is 27.9. The van der Waals surface area contributed by atoms with Crippen LogP contribution in [0.15, 0.2) is 0 Å². The molecule has 0 saturated carbocycles. The minimum Gasteiger partial charge on any atom is -0.344 e. The Morgan fingerprint density at radius 2 is 0.725 bits per heavy atom. The van der Waals surface area contributed by atoms with Crippen LogP contribution in [0.5, 0.6) is 0 Å². The van der Waals surface area contributed by atoms with Crippen LogP contribution in [0.1, 0.15) is 200 Å². The van der Waals surface area contributed by atoms with Crippen LogP contribution in [-0.2, 0) is 9.47 Å². The van der Waals surface area contributed by atoms with Gasteiger partial charge in [-0.1, -0.05) is 187 Å². The molecule has 0 aromatic rings. The fraction of sp³-hybridized carbons (Fsp3) is 1.00. The molecule has 3 atom stereocenters. The summed E-state index contributed by atoms with van der Waals surface area (Å²) < 4.78 is 13.9. The molecule has 0 unspecified atom stereocenters. The summed E-state index contributed by atoms with van der Waals surface area (Å²) in [6.07, 6.45) is 39.3. The molecule has 0 radical (unpaired) electrons. The molecular formula is C36H70Br2O2. The molecular weight excluding hydrogens is 624 g/mol. The van der Waals surface area contributed by atoms with Gasteiger partial charge in [-0.3, -0.25) is 0 Å². The van der Waals surface area contributed by atoms with Gasteiger partial charge in [0.05, 0.1) is 12.2 Å². The first-order valence-corrected chi connectivity index (χ1v) is 20.4. The summed E-state index contributed by atoms with van der Waals surface area (Å²) in [5.41, 5.74) is 0. The van der Waals surface area contributed by atoms with Crippen molar-refractivity contribution in [3.8, 4) is 0 Å². The standard InChI is InChI=1S/C36H70Br2O2/c1-3-5-7-9-11-12-13-14-15-17-21-25-30-36(31-27-33-38)39-34(28-23-19-10-8-6-4-2)35(40-36)29-24-20-16-18-22-26-32-37/h34-35H,3-33H2,1-2H3/t34-,35-,36+/m0/s1. The molecule has 0 amide bonds. The van der Waals surface area contributed by atoms with E-state index in [0.29, 0.717) is 12.2 Å². The van der Waals surface area contributed by atoms with Crippen molar-refractivity contribution in [3.63, 3.8) is 0 Å². The van der Waals surface area contributed by atoms with Gasteiger partial charge < -0.3 is 9.47 Å². The molecule has 4 heteroatoms. The topological polar surface area (TPSA) is 18.5 Å². The second-order valence-electron chi connectivity index (χ2n) is 12.8. The Balaban J connectivity index is 2.45. The van der Waals surface area contributed by atoms with Crippen molar-refractivity contribution in [3.05, 3.63) is 0 Å². The fourth-order valence-corrected chi connectivity index (χ4v) is 7.10. The second-order valence-corrected chi connectivity index (χ2v) is 14.4.